The van der Waals surface area contributed by atoms with Crippen molar-refractivity contribution in [2.45, 2.75) is 39.3 Å². The molecular weight excluding hydrogens is 332 g/mol. The van der Waals surface area contributed by atoms with Crippen LogP contribution in [-0.4, -0.2) is 36.6 Å². The number of nitrogens with zero attached hydrogens (tertiary/aromatic N) is 1. The summed E-state index contributed by atoms with van der Waals surface area (Å²) in [6, 6.07) is 10.2. The molecule has 5 heteroatoms. The summed E-state index contributed by atoms with van der Waals surface area (Å²) >= 11 is 1.73. The number of thiophene rings is 1. The lowest BCUT2D eigenvalue weighted by Crippen LogP contribution is -2.37. The second kappa shape index (κ2) is 8.61. The summed E-state index contributed by atoms with van der Waals surface area (Å²) in [5.74, 6) is 0.0342. The fourth-order valence-corrected chi connectivity index (χ4v) is 4.02. The summed E-state index contributed by atoms with van der Waals surface area (Å²) in [5, 5.41) is 5.18. The van der Waals surface area contributed by atoms with Gasteiger partial charge in [0, 0.05) is 30.3 Å². The van der Waals surface area contributed by atoms with Gasteiger partial charge in [0.25, 0.3) is 0 Å². The van der Waals surface area contributed by atoms with Crippen LogP contribution in [0.15, 0.2) is 35.7 Å². The number of carbonyl (C=O) groups is 1. The molecule has 2 heterocycles. The molecule has 1 saturated heterocycles. The summed E-state index contributed by atoms with van der Waals surface area (Å²) in [7, 11) is 0. The van der Waals surface area contributed by atoms with Crippen molar-refractivity contribution in [3.05, 3.63) is 51.7 Å². The number of hydrogen-bond donors (Lipinski definition) is 1. The zero-order chi connectivity index (χ0) is 17.6. The van der Waals surface area contributed by atoms with Crippen LogP contribution < -0.4 is 5.32 Å². The minimum atomic E-state index is 0.0342. The Balaban J connectivity index is 1.64. The maximum atomic E-state index is 12.6. The van der Waals surface area contributed by atoms with E-state index in [2.05, 4.69) is 27.7 Å². The summed E-state index contributed by atoms with van der Waals surface area (Å²) in [6.45, 7) is 6.87. The Morgan fingerprint density at radius 1 is 1.28 bits per heavy atom. The minimum absolute atomic E-state index is 0.0342. The number of nitrogens with one attached hydrogen (secondary N) is 1. The van der Waals surface area contributed by atoms with E-state index in [0.29, 0.717) is 6.54 Å². The summed E-state index contributed by atoms with van der Waals surface area (Å²) in [6.07, 6.45) is 2.44. The Kier molecular flexibility index (Phi) is 6.24. The summed E-state index contributed by atoms with van der Waals surface area (Å²) < 4.78 is 5.77. The number of amides is 1. The first-order valence-corrected chi connectivity index (χ1v) is 9.72. The van der Waals surface area contributed by atoms with Crippen molar-refractivity contribution < 1.29 is 9.53 Å². The molecular formula is C20H26N2O2S. The second-order valence-electron chi connectivity index (χ2n) is 6.70. The van der Waals surface area contributed by atoms with Gasteiger partial charge in [0.1, 0.15) is 0 Å². The molecule has 1 amide bonds. The molecule has 3 rings (SSSR count). The van der Waals surface area contributed by atoms with E-state index in [1.165, 1.54) is 4.88 Å². The second-order valence-corrected chi connectivity index (χ2v) is 7.73. The minimum Gasteiger partial charge on any atom is -0.377 e. The Morgan fingerprint density at radius 2 is 2.08 bits per heavy atom. The van der Waals surface area contributed by atoms with Crippen LogP contribution in [0.1, 0.15) is 28.8 Å². The van der Waals surface area contributed by atoms with Crippen LogP contribution in [0.2, 0.25) is 0 Å². The fourth-order valence-electron chi connectivity index (χ4n) is 3.28. The number of rotatable bonds is 7. The molecule has 25 heavy (non-hydrogen) atoms. The van der Waals surface area contributed by atoms with Crippen molar-refractivity contribution >= 4 is 22.9 Å². The van der Waals surface area contributed by atoms with Gasteiger partial charge >= 0.3 is 0 Å². The molecule has 1 fully saturated rings. The van der Waals surface area contributed by atoms with Gasteiger partial charge < -0.3 is 10.1 Å². The standard InChI is InChI=1S/C20H26N2O2S/c1-15-6-3-7-16(2)20(15)21-19(23)14-22(12-17-8-4-10-24-17)13-18-9-5-11-25-18/h3,5-7,9,11,17H,4,8,10,12-14H2,1-2H3,(H,21,23)/t17-/m0/s1. The number of benzene rings is 1. The van der Waals surface area contributed by atoms with Gasteiger partial charge in [0.2, 0.25) is 5.91 Å². The van der Waals surface area contributed by atoms with Gasteiger partial charge in [-0.3, -0.25) is 9.69 Å². The number of para-hydroxylation sites is 1. The maximum Gasteiger partial charge on any atom is 0.238 e. The van der Waals surface area contributed by atoms with E-state index < -0.39 is 0 Å². The molecule has 0 bridgehead atoms. The zero-order valence-electron chi connectivity index (χ0n) is 15.0. The molecule has 0 radical (unpaired) electrons. The molecule has 1 aliphatic rings. The van der Waals surface area contributed by atoms with E-state index in [1.54, 1.807) is 11.3 Å². The van der Waals surface area contributed by atoms with Crippen LogP contribution in [0.3, 0.4) is 0 Å². The van der Waals surface area contributed by atoms with Crippen LogP contribution in [-0.2, 0) is 16.1 Å². The Hall–Kier alpha value is -1.69. The Labute approximate surface area is 153 Å². The largest absolute Gasteiger partial charge is 0.377 e. The van der Waals surface area contributed by atoms with Crippen molar-refractivity contribution in [2.75, 3.05) is 25.0 Å². The first-order valence-electron chi connectivity index (χ1n) is 8.84. The molecule has 0 aliphatic carbocycles. The highest BCUT2D eigenvalue weighted by atomic mass is 32.1. The molecule has 1 aromatic heterocycles. The predicted octanol–water partition coefficient (Wildman–Crippen LogP) is 3.98. The number of carbonyl (C=O) groups excluding carboxylic acids is 1. The van der Waals surface area contributed by atoms with E-state index in [0.717, 1.165) is 49.4 Å². The summed E-state index contributed by atoms with van der Waals surface area (Å²) in [5.41, 5.74) is 3.12. The van der Waals surface area contributed by atoms with Crippen LogP contribution in [0, 0.1) is 13.8 Å². The number of ether oxygens (including phenoxy) is 1. The van der Waals surface area contributed by atoms with Gasteiger partial charge in [0.05, 0.1) is 12.6 Å². The molecule has 0 saturated carbocycles. The van der Waals surface area contributed by atoms with E-state index in [4.69, 9.17) is 4.74 Å². The van der Waals surface area contributed by atoms with Gasteiger partial charge in [-0.25, -0.2) is 0 Å². The molecule has 1 atom stereocenters. The van der Waals surface area contributed by atoms with Crippen molar-refractivity contribution in [3.63, 3.8) is 0 Å². The van der Waals surface area contributed by atoms with Crippen LogP contribution in [0.5, 0.6) is 0 Å². The molecule has 0 unspecified atom stereocenters. The smallest absolute Gasteiger partial charge is 0.238 e. The van der Waals surface area contributed by atoms with E-state index in [9.17, 15) is 4.79 Å². The number of aryl methyl sites for hydroxylation is 2. The fraction of sp³-hybridized carbons (Fsp3) is 0.450. The Bertz CT molecular complexity index is 673. The average Bonchev–Trinajstić information content (AvgIpc) is 3.25. The lowest BCUT2D eigenvalue weighted by molar-refractivity contribution is -0.117. The molecule has 1 N–H and O–H groups in total. The van der Waals surface area contributed by atoms with Gasteiger partial charge in [0.15, 0.2) is 0 Å². The molecule has 134 valence electrons. The van der Waals surface area contributed by atoms with E-state index in [-0.39, 0.29) is 12.0 Å². The lowest BCUT2D eigenvalue weighted by Gasteiger charge is -2.24. The van der Waals surface area contributed by atoms with E-state index in [1.807, 2.05) is 32.0 Å². The zero-order valence-corrected chi connectivity index (χ0v) is 15.8. The highest BCUT2D eigenvalue weighted by molar-refractivity contribution is 7.09. The van der Waals surface area contributed by atoms with E-state index >= 15 is 0 Å². The quantitative estimate of drug-likeness (QED) is 0.814. The first kappa shape index (κ1) is 18.1. The topological polar surface area (TPSA) is 41.6 Å². The Morgan fingerprint density at radius 3 is 2.72 bits per heavy atom. The van der Waals surface area contributed by atoms with Gasteiger partial charge in [-0.1, -0.05) is 24.3 Å². The van der Waals surface area contributed by atoms with Crippen molar-refractivity contribution in [3.8, 4) is 0 Å². The molecule has 2 aromatic rings. The average molecular weight is 359 g/mol. The monoisotopic (exact) mass is 358 g/mol. The maximum absolute atomic E-state index is 12.6. The highest BCUT2D eigenvalue weighted by Gasteiger charge is 2.21. The lowest BCUT2D eigenvalue weighted by atomic mass is 10.1. The van der Waals surface area contributed by atoms with Crippen molar-refractivity contribution in [1.82, 2.24) is 4.90 Å². The third-order valence-corrected chi connectivity index (χ3v) is 5.42. The van der Waals surface area contributed by atoms with Gasteiger partial charge in [-0.05, 0) is 49.3 Å². The van der Waals surface area contributed by atoms with Crippen LogP contribution >= 0.6 is 11.3 Å². The van der Waals surface area contributed by atoms with Gasteiger partial charge in [-0.15, -0.1) is 11.3 Å². The molecule has 1 aromatic carbocycles. The molecule has 0 spiro atoms. The normalized spacial score (nSPS) is 17.2. The first-order chi connectivity index (χ1) is 12.1. The van der Waals surface area contributed by atoms with Crippen LogP contribution in [0.4, 0.5) is 5.69 Å². The van der Waals surface area contributed by atoms with Crippen molar-refractivity contribution in [2.24, 2.45) is 0 Å². The third-order valence-electron chi connectivity index (χ3n) is 4.56. The van der Waals surface area contributed by atoms with Crippen LogP contribution in [0.25, 0.3) is 0 Å². The van der Waals surface area contributed by atoms with Crippen molar-refractivity contribution in [1.29, 1.82) is 0 Å². The number of anilines is 1. The molecule has 1 aliphatic heterocycles. The van der Waals surface area contributed by atoms with Gasteiger partial charge in [-0.2, -0.15) is 0 Å². The number of hydrogen-bond acceptors (Lipinski definition) is 4. The third kappa shape index (κ3) is 5.14. The highest BCUT2D eigenvalue weighted by Crippen LogP contribution is 2.20. The SMILES string of the molecule is Cc1cccc(C)c1NC(=O)CN(Cc1cccs1)C[C@@H]1CCCO1. The summed E-state index contributed by atoms with van der Waals surface area (Å²) in [4.78, 5) is 16.1. The predicted molar refractivity (Wildman–Crippen MR) is 103 cm³/mol. The molecule has 4 nitrogen and oxygen atoms in total.